The lowest BCUT2D eigenvalue weighted by Gasteiger charge is -2.07. The maximum atomic E-state index is 14.6. The second kappa shape index (κ2) is 8.10. The summed E-state index contributed by atoms with van der Waals surface area (Å²) in [4.78, 5) is 36.2. The van der Waals surface area contributed by atoms with Gasteiger partial charge in [-0.1, -0.05) is 12.1 Å². The van der Waals surface area contributed by atoms with Crippen LogP contribution in [0.15, 0.2) is 37.1 Å². The van der Waals surface area contributed by atoms with E-state index in [-0.39, 0.29) is 6.54 Å². The van der Waals surface area contributed by atoms with Crippen molar-refractivity contribution in [1.82, 2.24) is 9.88 Å². The minimum Gasteiger partial charge on any atom is -0.346 e. The summed E-state index contributed by atoms with van der Waals surface area (Å²) in [5.41, 5.74) is 0.494. The molecule has 27 heavy (non-hydrogen) atoms. The lowest BCUT2D eigenvalue weighted by Crippen LogP contribution is -2.31. The van der Waals surface area contributed by atoms with Crippen molar-refractivity contribution < 1.29 is 18.8 Å². The summed E-state index contributed by atoms with van der Waals surface area (Å²) in [6.07, 6.45) is 2.46. The number of anilines is 1. The molecule has 1 aromatic carbocycles. The Morgan fingerprint density at radius 2 is 2.07 bits per heavy atom. The fourth-order valence-electron chi connectivity index (χ4n) is 2.39. The molecule has 0 aliphatic heterocycles. The zero-order valence-electron chi connectivity index (χ0n) is 14.8. The Morgan fingerprint density at radius 3 is 2.70 bits per heavy atom. The Hall–Kier alpha value is -3.73. The Kier molecular flexibility index (Phi) is 5.88. The van der Waals surface area contributed by atoms with Gasteiger partial charge in [-0.3, -0.25) is 14.4 Å². The Morgan fingerprint density at radius 1 is 1.37 bits per heavy atom. The molecular formula is C19H17FN4O3. The second-order valence-electron chi connectivity index (χ2n) is 5.74. The summed E-state index contributed by atoms with van der Waals surface area (Å²) in [7, 11) is 1.38. The van der Waals surface area contributed by atoms with Gasteiger partial charge in [-0.15, -0.1) is 6.58 Å². The highest BCUT2D eigenvalue weighted by molar-refractivity contribution is 6.43. The highest BCUT2D eigenvalue weighted by Gasteiger charge is 2.28. The molecule has 2 aromatic rings. The third kappa shape index (κ3) is 4.10. The largest absolute Gasteiger partial charge is 0.346 e. The minimum absolute atomic E-state index is 0.0566. The van der Waals surface area contributed by atoms with Crippen LogP contribution < -0.4 is 10.6 Å². The molecule has 0 bridgehead atoms. The van der Waals surface area contributed by atoms with E-state index in [4.69, 9.17) is 5.26 Å². The van der Waals surface area contributed by atoms with E-state index in [9.17, 15) is 18.8 Å². The van der Waals surface area contributed by atoms with Crippen LogP contribution in [0.25, 0.3) is 0 Å². The molecule has 0 saturated heterocycles. The van der Waals surface area contributed by atoms with Crippen molar-refractivity contribution in [1.29, 1.82) is 5.26 Å². The molecule has 138 valence electrons. The van der Waals surface area contributed by atoms with Gasteiger partial charge in [0.25, 0.3) is 17.6 Å². The molecule has 2 N–H and O–H groups in total. The van der Waals surface area contributed by atoms with Crippen LogP contribution in [-0.4, -0.2) is 28.7 Å². The molecule has 0 unspecified atom stereocenters. The Labute approximate surface area is 155 Å². The lowest BCUT2D eigenvalue weighted by molar-refractivity contribution is -0.116. The number of nitrogens with one attached hydrogen (secondary N) is 2. The molecular weight excluding hydrogens is 351 g/mol. The lowest BCUT2D eigenvalue weighted by atomic mass is 10.1. The van der Waals surface area contributed by atoms with E-state index < -0.39 is 34.7 Å². The highest BCUT2D eigenvalue weighted by Crippen LogP contribution is 2.19. The van der Waals surface area contributed by atoms with Crippen molar-refractivity contribution in [3.05, 3.63) is 65.3 Å². The predicted molar refractivity (Wildman–Crippen MR) is 96.8 cm³/mol. The van der Waals surface area contributed by atoms with Gasteiger partial charge in [-0.25, -0.2) is 4.39 Å². The van der Waals surface area contributed by atoms with E-state index in [0.29, 0.717) is 11.3 Å². The maximum absolute atomic E-state index is 14.6. The van der Waals surface area contributed by atoms with Crippen molar-refractivity contribution in [3.8, 4) is 6.07 Å². The number of nitriles is 1. The molecule has 0 fully saturated rings. The number of hydrogen-bond acceptors (Lipinski definition) is 4. The standard InChI is InChI=1S/C19H17FN4O3/c1-4-7-22-19(27)17(25)14-10-24(3)16(15(14)20)18(26)23-13-6-5-11(2)12(8-13)9-21/h4-6,8,10H,1,7H2,2-3H3,(H,22,27)(H,23,26). The number of hydrogen-bond donors (Lipinski definition) is 2. The number of amides is 2. The summed E-state index contributed by atoms with van der Waals surface area (Å²) in [6.45, 7) is 5.21. The van der Waals surface area contributed by atoms with Crippen LogP contribution in [-0.2, 0) is 11.8 Å². The van der Waals surface area contributed by atoms with Gasteiger partial charge in [0.05, 0.1) is 17.2 Å². The van der Waals surface area contributed by atoms with Gasteiger partial charge < -0.3 is 15.2 Å². The fourth-order valence-corrected chi connectivity index (χ4v) is 2.39. The minimum atomic E-state index is -1.10. The van der Waals surface area contributed by atoms with E-state index >= 15 is 0 Å². The summed E-state index contributed by atoms with van der Waals surface area (Å²) >= 11 is 0. The predicted octanol–water partition coefficient (Wildman–Crippen LogP) is 2.08. The highest BCUT2D eigenvalue weighted by atomic mass is 19.1. The number of Topliss-reactive ketones (excluding diaryl/α,β-unsaturated/α-hetero) is 1. The zero-order valence-corrected chi connectivity index (χ0v) is 14.8. The van der Waals surface area contributed by atoms with Crippen LogP contribution in [0.5, 0.6) is 0 Å². The first-order chi connectivity index (χ1) is 12.8. The van der Waals surface area contributed by atoms with Gasteiger partial charge >= 0.3 is 0 Å². The van der Waals surface area contributed by atoms with Crippen molar-refractivity contribution in [2.75, 3.05) is 11.9 Å². The quantitative estimate of drug-likeness (QED) is 0.463. The molecule has 0 aliphatic carbocycles. The normalized spacial score (nSPS) is 10.0. The van der Waals surface area contributed by atoms with Gasteiger partial charge in [-0.2, -0.15) is 5.26 Å². The van der Waals surface area contributed by atoms with Crippen LogP contribution in [0.2, 0.25) is 0 Å². The van der Waals surface area contributed by atoms with Gasteiger partial charge in [0.2, 0.25) is 0 Å². The summed E-state index contributed by atoms with van der Waals surface area (Å²) in [6, 6.07) is 6.67. The molecule has 7 nitrogen and oxygen atoms in total. The first kappa shape index (κ1) is 19.6. The SMILES string of the molecule is C=CCNC(=O)C(=O)c1cn(C)c(C(=O)Nc2ccc(C)c(C#N)c2)c1F. The van der Waals surface area contributed by atoms with Crippen LogP contribution in [0.3, 0.4) is 0 Å². The number of benzene rings is 1. The first-order valence-corrected chi connectivity index (χ1v) is 7.90. The van der Waals surface area contributed by atoms with E-state index in [2.05, 4.69) is 17.2 Å². The Balaban J connectivity index is 2.29. The summed E-state index contributed by atoms with van der Waals surface area (Å²) in [5.74, 6) is -4.00. The third-order valence-corrected chi connectivity index (χ3v) is 3.81. The number of carbonyl (C=O) groups is 3. The molecule has 0 radical (unpaired) electrons. The van der Waals surface area contributed by atoms with E-state index in [1.165, 1.54) is 19.2 Å². The first-order valence-electron chi connectivity index (χ1n) is 7.90. The van der Waals surface area contributed by atoms with Crippen molar-refractivity contribution in [2.24, 2.45) is 7.05 Å². The Bertz CT molecular complexity index is 986. The molecule has 8 heteroatoms. The average molecular weight is 368 g/mol. The van der Waals surface area contributed by atoms with E-state index in [1.54, 1.807) is 19.1 Å². The molecule has 2 rings (SSSR count). The summed E-state index contributed by atoms with van der Waals surface area (Å²) in [5, 5.41) is 13.8. The number of nitrogens with zero attached hydrogens (tertiary/aromatic N) is 2. The van der Waals surface area contributed by atoms with Gasteiger partial charge in [0, 0.05) is 25.5 Å². The number of carbonyl (C=O) groups excluding carboxylic acids is 3. The smallest absolute Gasteiger partial charge is 0.292 e. The molecule has 0 atom stereocenters. The van der Waals surface area contributed by atoms with Crippen molar-refractivity contribution in [3.63, 3.8) is 0 Å². The molecule has 0 aliphatic rings. The molecule has 1 aromatic heterocycles. The van der Waals surface area contributed by atoms with Crippen LogP contribution in [0.4, 0.5) is 10.1 Å². The van der Waals surface area contributed by atoms with Gasteiger partial charge in [-0.05, 0) is 24.6 Å². The van der Waals surface area contributed by atoms with Gasteiger partial charge in [0.15, 0.2) is 5.82 Å². The van der Waals surface area contributed by atoms with Crippen molar-refractivity contribution >= 4 is 23.3 Å². The van der Waals surface area contributed by atoms with E-state index in [0.717, 1.165) is 16.3 Å². The zero-order chi connectivity index (χ0) is 20.1. The molecule has 2 amide bonds. The number of ketones is 1. The molecule has 0 spiro atoms. The van der Waals surface area contributed by atoms with Crippen LogP contribution in [0.1, 0.15) is 32.0 Å². The summed E-state index contributed by atoms with van der Waals surface area (Å²) < 4.78 is 15.8. The van der Waals surface area contributed by atoms with E-state index in [1.807, 2.05) is 6.07 Å². The maximum Gasteiger partial charge on any atom is 0.292 e. The monoisotopic (exact) mass is 368 g/mol. The van der Waals surface area contributed by atoms with Crippen LogP contribution >= 0.6 is 0 Å². The third-order valence-electron chi connectivity index (χ3n) is 3.81. The fraction of sp³-hybridized carbons (Fsp3) is 0.158. The van der Waals surface area contributed by atoms with Crippen molar-refractivity contribution in [2.45, 2.75) is 6.92 Å². The number of aryl methyl sites for hydroxylation is 2. The number of rotatable bonds is 6. The average Bonchev–Trinajstić information content (AvgIpc) is 2.94. The van der Waals surface area contributed by atoms with Gasteiger partial charge in [0.1, 0.15) is 5.69 Å². The number of aromatic nitrogens is 1. The van der Waals surface area contributed by atoms with Crippen LogP contribution in [0, 0.1) is 24.1 Å². The topological polar surface area (TPSA) is 104 Å². The number of halogens is 1. The molecule has 0 saturated carbocycles. The molecule has 1 heterocycles. The second-order valence-corrected chi connectivity index (χ2v) is 5.74.